The smallest absolute Gasteiger partial charge is 0.222 e. The normalized spacial score (nSPS) is 15.9. The Morgan fingerprint density at radius 3 is 2.50 bits per heavy atom. The minimum absolute atomic E-state index is 0.0369. The van der Waals surface area contributed by atoms with Crippen LogP contribution in [0.3, 0.4) is 0 Å². The first-order chi connectivity index (χ1) is 14.5. The number of unbranched alkanes of at least 4 members (excludes halogenated alkanes) is 1. The van der Waals surface area contributed by atoms with Gasteiger partial charge in [0.1, 0.15) is 0 Å². The molecule has 1 amide bonds. The van der Waals surface area contributed by atoms with Crippen LogP contribution in [-0.2, 0) is 16.1 Å². The molecule has 1 fully saturated rings. The van der Waals surface area contributed by atoms with E-state index in [1.165, 1.54) is 11.1 Å². The van der Waals surface area contributed by atoms with Gasteiger partial charge in [0.15, 0.2) is 0 Å². The molecule has 4 nitrogen and oxygen atoms in total. The second-order valence-electron chi connectivity index (χ2n) is 8.13. The van der Waals surface area contributed by atoms with Gasteiger partial charge in [0.2, 0.25) is 5.91 Å². The molecule has 30 heavy (non-hydrogen) atoms. The minimum atomic E-state index is -0.0369. The summed E-state index contributed by atoms with van der Waals surface area (Å²) in [5.41, 5.74) is 3.55. The van der Waals surface area contributed by atoms with Crippen molar-refractivity contribution in [1.29, 1.82) is 0 Å². The average molecular weight is 429 g/mol. The van der Waals surface area contributed by atoms with Crippen LogP contribution in [0.4, 0.5) is 0 Å². The van der Waals surface area contributed by atoms with Crippen LogP contribution < -0.4 is 0 Å². The van der Waals surface area contributed by atoms with Gasteiger partial charge in [0, 0.05) is 44.2 Å². The third-order valence-electron chi connectivity index (χ3n) is 5.67. The molecule has 2 aromatic carbocycles. The molecule has 0 unspecified atom stereocenters. The fraction of sp³-hybridized carbons (Fsp3) is 0.480. The Labute approximate surface area is 185 Å². The summed E-state index contributed by atoms with van der Waals surface area (Å²) in [5, 5.41) is 0.732. The van der Waals surface area contributed by atoms with E-state index in [1.54, 1.807) is 0 Å². The lowest BCUT2D eigenvalue weighted by Crippen LogP contribution is -2.49. The molecule has 1 aliphatic rings. The van der Waals surface area contributed by atoms with Crippen LogP contribution in [0.5, 0.6) is 0 Å². The summed E-state index contributed by atoms with van der Waals surface area (Å²) in [5.74, 6) is 0.293. The Kier molecular flexibility index (Phi) is 8.74. The van der Waals surface area contributed by atoms with Crippen LogP contribution in [0.15, 0.2) is 48.5 Å². The van der Waals surface area contributed by atoms with Crippen molar-refractivity contribution in [3.63, 3.8) is 0 Å². The fourth-order valence-electron chi connectivity index (χ4n) is 3.83. The van der Waals surface area contributed by atoms with Crippen molar-refractivity contribution in [2.45, 2.75) is 45.8 Å². The van der Waals surface area contributed by atoms with Crippen molar-refractivity contribution in [3.8, 4) is 0 Å². The molecule has 0 aliphatic carbocycles. The molecule has 5 heteroatoms. The predicted octanol–water partition coefficient (Wildman–Crippen LogP) is 5.24. The Morgan fingerprint density at radius 1 is 1.10 bits per heavy atom. The summed E-state index contributed by atoms with van der Waals surface area (Å²) in [6.45, 7) is 8.97. The molecule has 1 heterocycles. The number of aryl methyl sites for hydroxylation is 1. The molecule has 2 aromatic rings. The average Bonchev–Trinajstić information content (AvgIpc) is 2.76. The van der Waals surface area contributed by atoms with E-state index in [0.717, 1.165) is 56.2 Å². The summed E-state index contributed by atoms with van der Waals surface area (Å²) in [6.07, 6.45) is 2.67. The number of ether oxygens (including phenoxy) is 1. The molecule has 162 valence electrons. The number of carbonyl (C=O) groups is 1. The molecule has 0 radical (unpaired) electrons. The lowest BCUT2D eigenvalue weighted by Gasteiger charge is -2.36. The Bertz CT molecular complexity index is 801. The van der Waals surface area contributed by atoms with Crippen molar-refractivity contribution in [1.82, 2.24) is 9.80 Å². The Morgan fingerprint density at radius 2 is 1.83 bits per heavy atom. The molecule has 1 atom stereocenters. The summed E-state index contributed by atoms with van der Waals surface area (Å²) in [6, 6.07) is 16.4. The lowest BCUT2D eigenvalue weighted by molar-refractivity contribution is -0.133. The van der Waals surface area contributed by atoms with Gasteiger partial charge in [0.25, 0.3) is 0 Å². The van der Waals surface area contributed by atoms with Crippen molar-refractivity contribution in [3.05, 3.63) is 70.2 Å². The molecule has 3 rings (SSSR count). The van der Waals surface area contributed by atoms with E-state index in [-0.39, 0.29) is 6.10 Å². The minimum Gasteiger partial charge on any atom is -0.368 e. The SMILES string of the molecule is CCCCC(=O)N1CCN(C[C@H](OCc2cccc(C)c2)c2ccc(Cl)cc2)CC1. The molecule has 0 bridgehead atoms. The summed E-state index contributed by atoms with van der Waals surface area (Å²) in [4.78, 5) is 16.7. The summed E-state index contributed by atoms with van der Waals surface area (Å²) < 4.78 is 6.37. The maximum Gasteiger partial charge on any atom is 0.222 e. The summed E-state index contributed by atoms with van der Waals surface area (Å²) >= 11 is 6.09. The van der Waals surface area contributed by atoms with Gasteiger partial charge in [-0.05, 0) is 36.6 Å². The maximum atomic E-state index is 12.3. The highest BCUT2D eigenvalue weighted by molar-refractivity contribution is 6.30. The number of hydrogen-bond donors (Lipinski definition) is 0. The van der Waals surface area contributed by atoms with Crippen LogP contribution >= 0.6 is 11.6 Å². The van der Waals surface area contributed by atoms with E-state index >= 15 is 0 Å². The highest BCUT2D eigenvalue weighted by atomic mass is 35.5. The molecule has 0 spiro atoms. The zero-order valence-electron chi connectivity index (χ0n) is 18.1. The number of hydrogen-bond acceptors (Lipinski definition) is 3. The second kappa shape index (κ2) is 11.5. The van der Waals surface area contributed by atoms with Crippen LogP contribution in [0.2, 0.25) is 5.02 Å². The lowest BCUT2D eigenvalue weighted by atomic mass is 10.1. The number of amides is 1. The maximum absolute atomic E-state index is 12.3. The quantitative estimate of drug-likeness (QED) is 0.547. The number of benzene rings is 2. The zero-order chi connectivity index (χ0) is 21.3. The van der Waals surface area contributed by atoms with E-state index < -0.39 is 0 Å². The van der Waals surface area contributed by atoms with Crippen molar-refractivity contribution in [2.24, 2.45) is 0 Å². The Hall–Kier alpha value is -1.88. The van der Waals surface area contributed by atoms with Crippen LogP contribution in [-0.4, -0.2) is 48.4 Å². The second-order valence-corrected chi connectivity index (χ2v) is 8.56. The largest absolute Gasteiger partial charge is 0.368 e. The standard InChI is InChI=1S/C25H33ClN2O2/c1-3-4-8-25(29)28-15-13-27(14-16-28)18-24(22-9-11-23(26)12-10-22)30-19-21-7-5-6-20(2)17-21/h5-7,9-12,17,24H,3-4,8,13-16,18-19H2,1-2H3/t24-/m0/s1. The van der Waals surface area contributed by atoms with Gasteiger partial charge in [-0.25, -0.2) is 0 Å². The first-order valence-electron chi connectivity index (χ1n) is 11.0. The molecule has 0 saturated carbocycles. The summed E-state index contributed by atoms with van der Waals surface area (Å²) in [7, 11) is 0. The molecule has 0 aromatic heterocycles. The highest BCUT2D eigenvalue weighted by Gasteiger charge is 2.24. The number of rotatable bonds is 9. The van der Waals surface area contributed by atoms with E-state index in [2.05, 4.69) is 43.0 Å². The first-order valence-corrected chi connectivity index (χ1v) is 11.4. The molecular formula is C25H33ClN2O2. The van der Waals surface area contributed by atoms with E-state index in [1.807, 2.05) is 29.2 Å². The van der Waals surface area contributed by atoms with Gasteiger partial charge in [0.05, 0.1) is 12.7 Å². The number of piperazine rings is 1. The fourth-order valence-corrected chi connectivity index (χ4v) is 3.96. The van der Waals surface area contributed by atoms with E-state index in [9.17, 15) is 4.79 Å². The van der Waals surface area contributed by atoms with Crippen molar-refractivity contribution < 1.29 is 9.53 Å². The van der Waals surface area contributed by atoms with Gasteiger partial charge in [-0.15, -0.1) is 0 Å². The van der Waals surface area contributed by atoms with Gasteiger partial charge in [-0.1, -0.05) is 66.9 Å². The van der Waals surface area contributed by atoms with E-state index in [4.69, 9.17) is 16.3 Å². The number of halogens is 1. The topological polar surface area (TPSA) is 32.8 Å². The third-order valence-corrected chi connectivity index (χ3v) is 5.92. The van der Waals surface area contributed by atoms with Crippen molar-refractivity contribution in [2.75, 3.05) is 32.7 Å². The molecular weight excluding hydrogens is 396 g/mol. The van der Waals surface area contributed by atoms with Gasteiger partial charge in [-0.3, -0.25) is 9.69 Å². The molecule has 1 aliphatic heterocycles. The predicted molar refractivity (Wildman–Crippen MR) is 123 cm³/mol. The van der Waals surface area contributed by atoms with Gasteiger partial charge < -0.3 is 9.64 Å². The zero-order valence-corrected chi connectivity index (χ0v) is 18.9. The van der Waals surface area contributed by atoms with Crippen molar-refractivity contribution >= 4 is 17.5 Å². The van der Waals surface area contributed by atoms with Gasteiger partial charge in [-0.2, -0.15) is 0 Å². The van der Waals surface area contributed by atoms with Crippen LogP contribution in [0, 0.1) is 6.92 Å². The molecule has 0 N–H and O–H groups in total. The molecule has 1 saturated heterocycles. The Balaban J connectivity index is 1.60. The monoisotopic (exact) mass is 428 g/mol. The third kappa shape index (κ3) is 6.83. The van der Waals surface area contributed by atoms with Crippen LogP contribution in [0.25, 0.3) is 0 Å². The van der Waals surface area contributed by atoms with E-state index in [0.29, 0.717) is 18.9 Å². The van der Waals surface area contributed by atoms with Crippen LogP contribution in [0.1, 0.15) is 49.0 Å². The number of nitrogens with zero attached hydrogens (tertiary/aromatic N) is 2. The number of carbonyl (C=O) groups excluding carboxylic acids is 1. The first kappa shape index (κ1) is 22.8. The highest BCUT2D eigenvalue weighted by Crippen LogP contribution is 2.23. The van der Waals surface area contributed by atoms with Gasteiger partial charge >= 0.3 is 0 Å².